The predicted octanol–water partition coefficient (Wildman–Crippen LogP) is 0.510. The average Bonchev–Trinajstić information content (AvgIpc) is 2.89. The zero-order valence-electron chi connectivity index (χ0n) is 9.79. The van der Waals surface area contributed by atoms with Gasteiger partial charge < -0.3 is 15.2 Å². The first-order valence-corrected chi connectivity index (χ1v) is 5.61. The summed E-state index contributed by atoms with van der Waals surface area (Å²) < 4.78 is 0. The minimum atomic E-state index is -0.388. The van der Waals surface area contributed by atoms with Crippen LogP contribution in [0.25, 0.3) is 0 Å². The normalized spacial score (nSPS) is 24.6. The number of aromatic nitrogens is 2. The first-order valence-electron chi connectivity index (χ1n) is 5.61. The van der Waals surface area contributed by atoms with Crippen molar-refractivity contribution in [3.8, 4) is 0 Å². The third-order valence-electron chi connectivity index (χ3n) is 3.13. The van der Waals surface area contributed by atoms with Gasteiger partial charge in [0.05, 0.1) is 12.1 Å². The van der Waals surface area contributed by atoms with E-state index in [-0.39, 0.29) is 11.4 Å². The summed E-state index contributed by atoms with van der Waals surface area (Å²) in [4.78, 5) is 21.1. The maximum absolute atomic E-state index is 12.2. The fourth-order valence-electron chi connectivity index (χ4n) is 2.18. The van der Waals surface area contributed by atoms with Crippen molar-refractivity contribution in [2.24, 2.45) is 0 Å². The predicted molar refractivity (Wildman–Crippen MR) is 60.7 cm³/mol. The molecule has 0 spiro atoms. The second kappa shape index (κ2) is 4.25. The number of hydrogen-bond donors (Lipinski definition) is 2. The molecule has 2 N–H and O–H groups in total. The summed E-state index contributed by atoms with van der Waals surface area (Å²) in [6.45, 7) is 3.43. The van der Waals surface area contributed by atoms with Gasteiger partial charge in [-0.1, -0.05) is 0 Å². The van der Waals surface area contributed by atoms with E-state index in [0.717, 1.165) is 25.2 Å². The highest BCUT2D eigenvalue weighted by Crippen LogP contribution is 2.21. The van der Waals surface area contributed by atoms with E-state index in [1.807, 2.05) is 14.0 Å². The molecule has 5 heteroatoms. The molecule has 1 aromatic rings. The van der Waals surface area contributed by atoms with E-state index in [1.54, 1.807) is 17.3 Å². The summed E-state index contributed by atoms with van der Waals surface area (Å²) in [6, 6.07) is 0. The summed E-state index contributed by atoms with van der Waals surface area (Å²) in [5.74, 6) is 0.957. The van der Waals surface area contributed by atoms with E-state index in [4.69, 9.17) is 0 Å². The molecule has 0 radical (unpaired) electrons. The third-order valence-corrected chi connectivity index (χ3v) is 3.13. The molecule has 1 aliphatic rings. The standard InChI is InChI=1S/C11H18N4O/c1-11(4-3-5-14-11)10(16)15(2)8-9-12-6-7-13-9/h6-7,14H,3-5,8H2,1-2H3,(H,12,13). The Hall–Kier alpha value is -1.36. The molecule has 0 aromatic carbocycles. The molecule has 16 heavy (non-hydrogen) atoms. The smallest absolute Gasteiger partial charge is 0.242 e. The number of aromatic amines is 1. The number of hydrogen-bond acceptors (Lipinski definition) is 3. The Kier molecular flexibility index (Phi) is 2.96. The lowest BCUT2D eigenvalue weighted by atomic mass is 9.99. The summed E-state index contributed by atoms with van der Waals surface area (Å²) in [5.41, 5.74) is -0.388. The maximum atomic E-state index is 12.2. The van der Waals surface area contributed by atoms with Crippen LogP contribution in [0, 0.1) is 0 Å². The van der Waals surface area contributed by atoms with Gasteiger partial charge in [-0.3, -0.25) is 4.79 Å². The minimum Gasteiger partial charge on any atom is -0.347 e. The van der Waals surface area contributed by atoms with Gasteiger partial charge >= 0.3 is 0 Å². The third kappa shape index (κ3) is 2.09. The molecule has 0 aliphatic carbocycles. The van der Waals surface area contributed by atoms with Crippen molar-refractivity contribution >= 4 is 5.91 Å². The molecule has 1 atom stereocenters. The van der Waals surface area contributed by atoms with Crippen LogP contribution in [0.2, 0.25) is 0 Å². The quantitative estimate of drug-likeness (QED) is 0.783. The van der Waals surface area contributed by atoms with Crippen molar-refractivity contribution in [1.29, 1.82) is 0 Å². The van der Waals surface area contributed by atoms with Crippen molar-refractivity contribution in [3.63, 3.8) is 0 Å². The SMILES string of the molecule is CN(Cc1ncc[nH]1)C(=O)C1(C)CCCN1. The van der Waals surface area contributed by atoms with E-state index in [9.17, 15) is 4.79 Å². The van der Waals surface area contributed by atoms with E-state index in [2.05, 4.69) is 15.3 Å². The van der Waals surface area contributed by atoms with Crippen LogP contribution in [0.5, 0.6) is 0 Å². The lowest BCUT2D eigenvalue weighted by Gasteiger charge is -2.28. The Morgan fingerprint density at radius 2 is 2.50 bits per heavy atom. The highest BCUT2D eigenvalue weighted by atomic mass is 16.2. The fraction of sp³-hybridized carbons (Fsp3) is 0.636. The highest BCUT2D eigenvalue weighted by molar-refractivity contribution is 5.86. The van der Waals surface area contributed by atoms with Crippen LogP contribution in [0.3, 0.4) is 0 Å². The maximum Gasteiger partial charge on any atom is 0.242 e. The van der Waals surface area contributed by atoms with Crippen LogP contribution < -0.4 is 5.32 Å². The van der Waals surface area contributed by atoms with Crippen molar-refractivity contribution in [2.75, 3.05) is 13.6 Å². The summed E-state index contributed by atoms with van der Waals surface area (Å²) in [7, 11) is 1.82. The first kappa shape index (κ1) is 11.1. The number of carbonyl (C=O) groups excluding carboxylic acids is 1. The Morgan fingerprint density at radius 1 is 1.69 bits per heavy atom. The largest absolute Gasteiger partial charge is 0.347 e. The van der Waals surface area contributed by atoms with Gasteiger partial charge in [0.25, 0.3) is 0 Å². The Morgan fingerprint density at radius 3 is 3.06 bits per heavy atom. The molecule has 1 amide bonds. The first-order chi connectivity index (χ1) is 7.62. The number of likely N-dealkylation sites (N-methyl/N-ethyl adjacent to an activating group) is 1. The topological polar surface area (TPSA) is 61.0 Å². The average molecular weight is 222 g/mol. The van der Waals surface area contributed by atoms with Crippen molar-refractivity contribution in [2.45, 2.75) is 31.8 Å². The van der Waals surface area contributed by atoms with Gasteiger partial charge in [-0.25, -0.2) is 4.98 Å². The zero-order chi connectivity index (χ0) is 11.6. The lowest BCUT2D eigenvalue weighted by molar-refractivity contribution is -0.136. The Bertz CT molecular complexity index is 354. The monoisotopic (exact) mass is 222 g/mol. The number of rotatable bonds is 3. The van der Waals surface area contributed by atoms with Crippen LogP contribution in [-0.2, 0) is 11.3 Å². The van der Waals surface area contributed by atoms with E-state index >= 15 is 0 Å². The number of nitrogens with zero attached hydrogens (tertiary/aromatic N) is 2. The number of amides is 1. The second-order valence-electron chi connectivity index (χ2n) is 4.56. The molecule has 1 fully saturated rings. The van der Waals surface area contributed by atoms with Gasteiger partial charge in [-0.2, -0.15) is 0 Å². The van der Waals surface area contributed by atoms with Gasteiger partial charge in [0.15, 0.2) is 0 Å². The Balaban J connectivity index is 1.99. The van der Waals surface area contributed by atoms with E-state index < -0.39 is 0 Å². The minimum absolute atomic E-state index is 0.140. The van der Waals surface area contributed by atoms with Gasteiger partial charge in [0.1, 0.15) is 5.82 Å². The summed E-state index contributed by atoms with van der Waals surface area (Å²) in [6.07, 6.45) is 5.44. The number of H-pyrrole nitrogens is 1. The molecule has 1 aliphatic heterocycles. The fourth-order valence-corrected chi connectivity index (χ4v) is 2.18. The van der Waals surface area contributed by atoms with Crippen LogP contribution in [0.15, 0.2) is 12.4 Å². The van der Waals surface area contributed by atoms with Crippen LogP contribution in [0.4, 0.5) is 0 Å². The summed E-state index contributed by atoms with van der Waals surface area (Å²) in [5, 5.41) is 3.27. The molecule has 2 rings (SSSR count). The van der Waals surface area contributed by atoms with Gasteiger partial charge in [-0.05, 0) is 26.3 Å². The Labute approximate surface area is 95.2 Å². The zero-order valence-corrected chi connectivity index (χ0v) is 9.79. The van der Waals surface area contributed by atoms with Crippen LogP contribution in [0.1, 0.15) is 25.6 Å². The molecular weight excluding hydrogens is 204 g/mol. The number of imidazole rings is 1. The molecule has 5 nitrogen and oxygen atoms in total. The lowest BCUT2D eigenvalue weighted by Crippen LogP contribution is -2.51. The molecule has 88 valence electrons. The highest BCUT2D eigenvalue weighted by Gasteiger charge is 2.37. The van der Waals surface area contributed by atoms with Crippen molar-refractivity contribution < 1.29 is 4.79 Å². The van der Waals surface area contributed by atoms with Crippen LogP contribution >= 0.6 is 0 Å². The van der Waals surface area contributed by atoms with Crippen LogP contribution in [-0.4, -0.2) is 39.9 Å². The van der Waals surface area contributed by atoms with E-state index in [0.29, 0.717) is 6.54 Å². The van der Waals surface area contributed by atoms with Gasteiger partial charge in [0.2, 0.25) is 5.91 Å². The number of carbonyl (C=O) groups is 1. The summed E-state index contributed by atoms with van der Waals surface area (Å²) >= 11 is 0. The van der Waals surface area contributed by atoms with Crippen molar-refractivity contribution in [1.82, 2.24) is 20.2 Å². The molecule has 1 aromatic heterocycles. The van der Waals surface area contributed by atoms with E-state index in [1.165, 1.54) is 0 Å². The molecule has 0 saturated carbocycles. The molecule has 2 heterocycles. The second-order valence-corrected chi connectivity index (χ2v) is 4.56. The molecule has 1 unspecified atom stereocenters. The number of nitrogens with one attached hydrogen (secondary N) is 2. The van der Waals surface area contributed by atoms with Crippen molar-refractivity contribution in [3.05, 3.63) is 18.2 Å². The van der Waals surface area contributed by atoms with Gasteiger partial charge in [0, 0.05) is 19.4 Å². The molecule has 0 bridgehead atoms. The van der Waals surface area contributed by atoms with Gasteiger partial charge in [-0.15, -0.1) is 0 Å². The molecule has 1 saturated heterocycles. The molecular formula is C11H18N4O.